The highest BCUT2D eigenvalue weighted by atomic mass is 35.5. The lowest BCUT2D eigenvalue weighted by Crippen LogP contribution is -2.49. The number of anilines is 1. The molecule has 2 heterocycles. The average Bonchev–Trinajstić information content (AvgIpc) is 2.87. The van der Waals surface area contributed by atoms with Gasteiger partial charge in [-0.25, -0.2) is 8.42 Å². The first-order valence-electron chi connectivity index (χ1n) is 12.3. The number of rotatable bonds is 9. The van der Waals surface area contributed by atoms with Crippen molar-refractivity contribution in [1.29, 1.82) is 0 Å². The third-order valence-corrected chi connectivity index (χ3v) is 8.80. The van der Waals surface area contributed by atoms with E-state index < -0.39 is 9.84 Å². The predicted octanol–water partition coefficient (Wildman–Crippen LogP) is 4.08. The summed E-state index contributed by atoms with van der Waals surface area (Å²) >= 11 is 6.08. The van der Waals surface area contributed by atoms with Crippen LogP contribution in [-0.4, -0.2) is 69.2 Å². The van der Waals surface area contributed by atoms with Gasteiger partial charge in [-0.2, -0.15) is 0 Å². The number of aryl methyl sites for hydroxylation is 1. The number of hydrogen-bond donors (Lipinski definition) is 1. The standard InChI is InChI=1S/C27H33ClN4O3S/c1-20-18-24(8-12-30-20)31-14-9-23(10-15-31)32(16-13-29-2)27(33)11-17-36(34,35)26-5-3-4-21-19-22(28)6-7-25(21)26/h3-8,12,18-19,23,29H,9-11,13-17H2,1-2H3. The summed E-state index contributed by atoms with van der Waals surface area (Å²) in [5, 5.41) is 5.06. The summed E-state index contributed by atoms with van der Waals surface area (Å²) in [5.41, 5.74) is 2.13. The molecule has 0 unspecified atom stereocenters. The normalized spacial score (nSPS) is 14.8. The third kappa shape index (κ3) is 6.17. The molecule has 1 aliphatic heterocycles. The number of likely N-dealkylation sites (N-methyl/N-ethyl adjacent to an activating group) is 1. The topological polar surface area (TPSA) is 82.6 Å². The lowest BCUT2D eigenvalue weighted by Gasteiger charge is -2.39. The first kappa shape index (κ1) is 26.4. The van der Waals surface area contributed by atoms with Crippen molar-refractivity contribution in [3.63, 3.8) is 0 Å². The minimum atomic E-state index is -3.65. The molecule has 0 aliphatic carbocycles. The van der Waals surface area contributed by atoms with Crippen molar-refractivity contribution in [1.82, 2.24) is 15.2 Å². The Kier molecular flexibility index (Phi) is 8.49. The molecule has 1 amide bonds. The Morgan fingerprint density at radius 2 is 1.94 bits per heavy atom. The van der Waals surface area contributed by atoms with E-state index >= 15 is 0 Å². The van der Waals surface area contributed by atoms with Crippen LogP contribution in [0.3, 0.4) is 0 Å². The third-order valence-electron chi connectivity index (χ3n) is 6.80. The van der Waals surface area contributed by atoms with E-state index in [4.69, 9.17) is 11.6 Å². The van der Waals surface area contributed by atoms with Gasteiger partial charge >= 0.3 is 0 Å². The van der Waals surface area contributed by atoms with Crippen LogP contribution in [0.15, 0.2) is 59.6 Å². The van der Waals surface area contributed by atoms with Gasteiger partial charge in [0.1, 0.15) is 0 Å². The van der Waals surface area contributed by atoms with Gasteiger partial charge < -0.3 is 15.1 Å². The van der Waals surface area contributed by atoms with Crippen LogP contribution in [0.1, 0.15) is 25.0 Å². The van der Waals surface area contributed by atoms with E-state index in [1.54, 1.807) is 30.3 Å². The highest BCUT2D eigenvalue weighted by Crippen LogP contribution is 2.28. The number of nitrogens with one attached hydrogen (secondary N) is 1. The van der Waals surface area contributed by atoms with Gasteiger partial charge in [-0.1, -0.05) is 29.8 Å². The molecule has 9 heteroatoms. The Morgan fingerprint density at radius 3 is 2.67 bits per heavy atom. The fourth-order valence-electron chi connectivity index (χ4n) is 4.88. The summed E-state index contributed by atoms with van der Waals surface area (Å²) in [4.78, 5) is 22.0. The molecule has 0 bridgehead atoms. The number of halogens is 1. The van der Waals surface area contributed by atoms with E-state index in [9.17, 15) is 13.2 Å². The SMILES string of the molecule is CNCCN(C(=O)CCS(=O)(=O)c1cccc2cc(Cl)ccc12)C1CCN(c2ccnc(C)c2)CC1. The number of benzene rings is 2. The van der Waals surface area contributed by atoms with Gasteiger partial charge in [-0.15, -0.1) is 0 Å². The monoisotopic (exact) mass is 528 g/mol. The number of fused-ring (bicyclic) bond motifs is 1. The van der Waals surface area contributed by atoms with E-state index in [0.29, 0.717) is 23.5 Å². The van der Waals surface area contributed by atoms with Crippen LogP contribution in [0.4, 0.5) is 5.69 Å². The fourth-order valence-corrected chi connectivity index (χ4v) is 6.53. The van der Waals surface area contributed by atoms with Crippen LogP contribution in [-0.2, 0) is 14.6 Å². The van der Waals surface area contributed by atoms with Crippen molar-refractivity contribution in [2.45, 2.75) is 37.1 Å². The summed E-state index contributed by atoms with van der Waals surface area (Å²) in [5.74, 6) is -0.339. The lowest BCUT2D eigenvalue weighted by atomic mass is 10.0. The molecule has 1 saturated heterocycles. The van der Waals surface area contributed by atoms with Gasteiger partial charge in [-0.05, 0) is 62.5 Å². The maximum atomic E-state index is 13.3. The number of pyridine rings is 1. The predicted molar refractivity (Wildman–Crippen MR) is 145 cm³/mol. The molecule has 0 spiro atoms. The van der Waals surface area contributed by atoms with Crippen LogP contribution in [0.2, 0.25) is 5.02 Å². The lowest BCUT2D eigenvalue weighted by molar-refractivity contribution is -0.133. The maximum Gasteiger partial charge on any atom is 0.223 e. The molecule has 0 saturated carbocycles. The first-order chi connectivity index (χ1) is 17.3. The molecular weight excluding hydrogens is 496 g/mol. The van der Waals surface area contributed by atoms with Crippen molar-refractivity contribution in [3.05, 3.63) is 65.4 Å². The number of aromatic nitrogens is 1. The minimum absolute atomic E-state index is 0.0419. The average molecular weight is 529 g/mol. The Hall–Kier alpha value is -2.68. The van der Waals surface area contributed by atoms with Gasteiger partial charge in [0.2, 0.25) is 5.91 Å². The van der Waals surface area contributed by atoms with Crippen molar-refractivity contribution in [2.24, 2.45) is 0 Å². The van der Waals surface area contributed by atoms with Crippen molar-refractivity contribution >= 4 is 43.8 Å². The summed E-state index contributed by atoms with van der Waals surface area (Å²) in [6.45, 7) is 4.88. The highest BCUT2D eigenvalue weighted by Gasteiger charge is 2.29. The molecule has 4 rings (SSSR count). The number of carbonyl (C=O) groups is 1. The maximum absolute atomic E-state index is 13.3. The van der Waals surface area contributed by atoms with Crippen LogP contribution in [0.25, 0.3) is 10.8 Å². The Labute approximate surface area is 218 Å². The van der Waals surface area contributed by atoms with Crippen molar-refractivity contribution in [3.8, 4) is 0 Å². The zero-order chi connectivity index (χ0) is 25.7. The summed E-state index contributed by atoms with van der Waals surface area (Å²) in [6.07, 6.45) is 3.46. The smallest absolute Gasteiger partial charge is 0.223 e. The number of hydrogen-bond acceptors (Lipinski definition) is 6. The second-order valence-corrected chi connectivity index (χ2v) is 11.8. The van der Waals surface area contributed by atoms with E-state index in [1.807, 2.05) is 37.2 Å². The molecule has 2 aromatic carbocycles. The zero-order valence-corrected chi connectivity index (χ0v) is 22.4. The van der Waals surface area contributed by atoms with Crippen LogP contribution < -0.4 is 10.2 Å². The minimum Gasteiger partial charge on any atom is -0.371 e. The van der Waals surface area contributed by atoms with Gasteiger partial charge in [0.25, 0.3) is 0 Å². The number of nitrogens with zero attached hydrogens (tertiary/aromatic N) is 3. The molecule has 192 valence electrons. The Balaban J connectivity index is 1.43. The zero-order valence-electron chi connectivity index (χ0n) is 20.8. The molecule has 1 fully saturated rings. The van der Waals surface area contributed by atoms with Gasteiger partial charge in [0, 0.05) is 66.6 Å². The summed E-state index contributed by atoms with van der Waals surface area (Å²) in [6, 6.07) is 14.5. The van der Waals surface area contributed by atoms with E-state index in [0.717, 1.165) is 42.7 Å². The first-order valence-corrected chi connectivity index (χ1v) is 14.3. The Bertz CT molecular complexity index is 1320. The number of amides is 1. The van der Waals surface area contributed by atoms with Crippen LogP contribution >= 0.6 is 11.6 Å². The van der Waals surface area contributed by atoms with Gasteiger partial charge in [0.15, 0.2) is 9.84 Å². The second kappa shape index (κ2) is 11.6. The second-order valence-electron chi connectivity index (χ2n) is 9.25. The fraction of sp³-hybridized carbons (Fsp3) is 0.407. The molecule has 1 aromatic heterocycles. The van der Waals surface area contributed by atoms with Crippen LogP contribution in [0.5, 0.6) is 0 Å². The molecule has 3 aromatic rings. The largest absolute Gasteiger partial charge is 0.371 e. The van der Waals surface area contributed by atoms with Gasteiger partial charge in [-0.3, -0.25) is 9.78 Å². The molecular formula is C27H33ClN4O3S. The highest BCUT2D eigenvalue weighted by molar-refractivity contribution is 7.91. The van der Waals surface area contributed by atoms with Crippen LogP contribution in [0, 0.1) is 6.92 Å². The molecule has 36 heavy (non-hydrogen) atoms. The van der Waals surface area contributed by atoms with Crippen molar-refractivity contribution in [2.75, 3.05) is 43.9 Å². The Morgan fingerprint density at radius 1 is 1.17 bits per heavy atom. The number of carbonyl (C=O) groups excluding carboxylic acids is 1. The van der Waals surface area contributed by atoms with E-state index in [1.165, 1.54) is 0 Å². The number of sulfone groups is 1. The van der Waals surface area contributed by atoms with Crippen molar-refractivity contribution < 1.29 is 13.2 Å². The quantitative estimate of drug-likeness (QED) is 0.450. The summed E-state index contributed by atoms with van der Waals surface area (Å²) < 4.78 is 26.5. The molecule has 0 radical (unpaired) electrons. The molecule has 7 nitrogen and oxygen atoms in total. The summed E-state index contributed by atoms with van der Waals surface area (Å²) in [7, 11) is -1.79. The van der Waals surface area contributed by atoms with E-state index in [2.05, 4.69) is 21.3 Å². The van der Waals surface area contributed by atoms with E-state index in [-0.39, 0.29) is 29.0 Å². The molecule has 1 aliphatic rings. The molecule has 0 atom stereocenters. The molecule has 1 N–H and O–H groups in total. The van der Waals surface area contributed by atoms with Gasteiger partial charge in [0.05, 0.1) is 10.6 Å². The number of piperidine rings is 1.